The largest absolute Gasteiger partial charge is 0.573 e. The lowest BCUT2D eigenvalue weighted by Gasteiger charge is -2.39. The van der Waals surface area contributed by atoms with Crippen molar-refractivity contribution in [3.8, 4) is 11.5 Å². The van der Waals surface area contributed by atoms with Gasteiger partial charge in [0.25, 0.3) is 11.8 Å². The van der Waals surface area contributed by atoms with Crippen molar-refractivity contribution in [2.24, 2.45) is 0 Å². The molecule has 1 aromatic rings. The third-order valence-corrected chi connectivity index (χ3v) is 3.33. The molecule has 0 unspecified atom stereocenters. The number of halogens is 3. The molecule has 23 heavy (non-hydrogen) atoms. The molecule has 2 amide bonds. The van der Waals surface area contributed by atoms with E-state index in [1.165, 1.54) is 11.5 Å². The Balaban J connectivity index is 2.24. The molecule has 0 aliphatic carbocycles. The molecule has 1 aliphatic rings. The first-order chi connectivity index (χ1) is 10.8. The first-order valence-electron chi connectivity index (χ1n) is 6.45. The van der Waals surface area contributed by atoms with Crippen molar-refractivity contribution in [3.63, 3.8) is 0 Å². The van der Waals surface area contributed by atoms with Gasteiger partial charge in [0.1, 0.15) is 6.04 Å². The van der Waals surface area contributed by atoms with E-state index in [-0.39, 0.29) is 17.9 Å². The van der Waals surface area contributed by atoms with Crippen LogP contribution in [0.25, 0.3) is 0 Å². The number of alkyl halides is 3. The number of carbonyl (C=O) groups excluding carboxylic acids is 2. The summed E-state index contributed by atoms with van der Waals surface area (Å²) in [5.74, 6) is -2.26. The Morgan fingerprint density at radius 1 is 1.35 bits per heavy atom. The highest BCUT2D eigenvalue weighted by Gasteiger charge is 2.38. The van der Waals surface area contributed by atoms with E-state index in [4.69, 9.17) is 9.94 Å². The normalized spacial score (nSPS) is 17.3. The van der Waals surface area contributed by atoms with Gasteiger partial charge in [0.05, 0.1) is 7.11 Å². The maximum Gasteiger partial charge on any atom is 0.573 e. The number of hydroxylamine groups is 1. The van der Waals surface area contributed by atoms with Crippen LogP contribution >= 0.6 is 0 Å². The van der Waals surface area contributed by atoms with Crippen molar-refractivity contribution in [1.82, 2.24) is 10.4 Å². The fourth-order valence-corrected chi connectivity index (χ4v) is 2.16. The zero-order valence-corrected chi connectivity index (χ0v) is 11.9. The summed E-state index contributed by atoms with van der Waals surface area (Å²) in [6.07, 6.45) is -4.59. The van der Waals surface area contributed by atoms with E-state index in [1.807, 2.05) is 0 Å². The van der Waals surface area contributed by atoms with Gasteiger partial charge in [-0.3, -0.25) is 14.8 Å². The molecule has 0 aromatic heterocycles. The van der Waals surface area contributed by atoms with Crippen molar-refractivity contribution in [3.05, 3.63) is 23.8 Å². The molecule has 2 N–H and O–H groups in total. The van der Waals surface area contributed by atoms with Gasteiger partial charge in [-0.05, 0) is 24.6 Å². The summed E-state index contributed by atoms with van der Waals surface area (Å²) in [7, 11) is 1.16. The van der Waals surface area contributed by atoms with Crippen LogP contribution in [0.4, 0.5) is 13.2 Å². The van der Waals surface area contributed by atoms with Crippen LogP contribution in [-0.2, 0) is 4.79 Å². The number of nitrogens with one attached hydrogen (secondary N) is 1. The molecule has 7 nitrogen and oxygen atoms in total. The maximum atomic E-state index is 12.4. The minimum Gasteiger partial charge on any atom is -0.493 e. The fraction of sp³-hybridized carbons (Fsp3) is 0.385. The number of hydrogen-bond donors (Lipinski definition) is 2. The van der Waals surface area contributed by atoms with Crippen LogP contribution in [0, 0.1) is 0 Å². The van der Waals surface area contributed by atoms with E-state index in [1.54, 1.807) is 0 Å². The summed E-state index contributed by atoms with van der Waals surface area (Å²) < 4.78 is 45.7. The molecule has 1 fully saturated rings. The number of carbonyl (C=O) groups is 2. The Hall–Kier alpha value is -2.49. The third kappa shape index (κ3) is 3.65. The Morgan fingerprint density at radius 2 is 2.04 bits per heavy atom. The first kappa shape index (κ1) is 16.9. The van der Waals surface area contributed by atoms with Gasteiger partial charge in [0.2, 0.25) is 0 Å². The monoisotopic (exact) mass is 334 g/mol. The zero-order valence-electron chi connectivity index (χ0n) is 11.9. The number of rotatable bonds is 4. The van der Waals surface area contributed by atoms with Crippen molar-refractivity contribution in [2.45, 2.75) is 18.8 Å². The second-order valence-electron chi connectivity index (χ2n) is 4.69. The van der Waals surface area contributed by atoms with Gasteiger partial charge in [-0.25, -0.2) is 5.48 Å². The van der Waals surface area contributed by atoms with E-state index >= 15 is 0 Å². The quantitative estimate of drug-likeness (QED) is 0.640. The van der Waals surface area contributed by atoms with E-state index in [9.17, 15) is 22.8 Å². The predicted octanol–water partition coefficient (Wildman–Crippen LogP) is 1.31. The molecular formula is C13H13F3N2O5. The van der Waals surface area contributed by atoms with Crippen molar-refractivity contribution < 1.29 is 37.4 Å². The molecule has 1 atom stereocenters. The van der Waals surface area contributed by atoms with Crippen LogP contribution in [0.2, 0.25) is 0 Å². The number of nitrogens with zero attached hydrogens (tertiary/aromatic N) is 1. The van der Waals surface area contributed by atoms with Gasteiger partial charge in [-0.15, -0.1) is 13.2 Å². The lowest BCUT2D eigenvalue weighted by atomic mass is 10.0. The molecular weight excluding hydrogens is 321 g/mol. The second kappa shape index (κ2) is 6.32. The summed E-state index contributed by atoms with van der Waals surface area (Å²) in [4.78, 5) is 24.7. The highest BCUT2D eigenvalue weighted by Crippen LogP contribution is 2.34. The minimum absolute atomic E-state index is 0.0968. The number of benzene rings is 1. The Labute approximate surface area is 128 Å². The van der Waals surface area contributed by atoms with Crippen LogP contribution in [0.15, 0.2) is 18.2 Å². The standard InChI is InChI=1S/C13H13F3N2O5/c1-22-9-3-2-7(6-10(9)23-13(14,15)16)12(20)18-5-4-8(18)11(19)17-21/h2-3,6,8,21H,4-5H2,1H3,(H,17,19)/t8-/m1/s1. The average molecular weight is 334 g/mol. The molecule has 1 heterocycles. The molecule has 1 saturated heterocycles. The average Bonchev–Trinajstić information content (AvgIpc) is 2.44. The van der Waals surface area contributed by atoms with Crippen molar-refractivity contribution in [1.29, 1.82) is 0 Å². The molecule has 0 spiro atoms. The summed E-state index contributed by atoms with van der Waals surface area (Å²) in [6.45, 7) is 0.248. The van der Waals surface area contributed by atoms with Gasteiger partial charge >= 0.3 is 6.36 Å². The van der Waals surface area contributed by atoms with Crippen LogP contribution in [0.1, 0.15) is 16.8 Å². The summed E-state index contributed by atoms with van der Waals surface area (Å²) >= 11 is 0. The highest BCUT2D eigenvalue weighted by molar-refractivity contribution is 5.99. The van der Waals surface area contributed by atoms with Gasteiger partial charge in [0, 0.05) is 12.1 Å². The van der Waals surface area contributed by atoms with Gasteiger partial charge in [-0.2, -0.15) is 0 Å². The lowest BCUT2D eigenvalue weighted by Crippen LogP contribution is -2.57. The predicted molar refractivity (Wildman–Crippen MR) is 69.0 cm³/mol. The van der Waals surface area contributed by atoms with Crippen LogP contribution < -0.4 is 15.0 Å². The topological polar surface area (TPSA) is 88.1 Å². The van der Waals surface area contributed by atoms with E-state index in [0.717, 1.165) is 24.1 Å². The van der Waals surface area contributed by atoms with Gasteiger partial charge in [0.15, 0.2) is 11.5 Å². The van der Waals surface area contributed by atoms with Crippen LogP contribution in [0.3, 0.4) is 0 Å². The molecule has 126 valence electrons. The summed E-state index contributed by atoms with van der Waals surface area (Å²) in [5, 5.41) is 8.58. The SMILES string of the molecule is COc1ccc(C(=O)N2CC[C@@H]2C(=O)NO)cc1OC(F)(F)F. The van der Waals surface area contributed by atoms with Crippen LogP contribution in [0.5, 0.6) is 11.5 Å². The Bertz CT molecular complexity index is 620. The lowest BCUT2D eigenvalue weighted by molar-refractivity contribution is -0.275. The molecule has 0 saturated carbocycles. The van der Waals surface area contributed by atoms with Crippen molar-refractivity contribution in [2.75, 3.05) is 13.7 Å². The number of ether oxygens (including phenoxy) is 2. The zero-order chi connectivity index (χ0) is 17.2. The Kier molecular flexibility index (Phi) is 4.64. The Morgan fingerprint density at radius 3 is 2.52 bits per heavy atom. The number of hydrogen-bond acceptors (Lipinski definition) is 5. The molecule has 2 rings (SSSR count). The fourth-order valence-electron chi connectivity index (χ4n) is 2.16. The summed E-state index contributed by atoms with van der Waals surface area (Å²) in [6, 6.07) is 2.45. The summed E-state index contributed by atoms with van der Waals surface area (Å²) in [5.41, 5.74) is 1.34. The molecule has 0 bridgehead atoms. The highest BCUT2D eigenvalue weighted by atomic mass is 19.4. The number of amides is 2. The van der Waals surface area contributed by atoms with E-state index in [2.05, 4.69) is 4.74 Å². The number of methoxy groups -OCH3 is 1. The van der Waals surface area contributed by atoms with E-state index < -0.39 is 30.0 Å². The minimum atomic E-state index is -4.94. The number of likely N-dealkylation sites (tertiary alicyclic amines) is 1. The van der Waals surface area contributed by atoms with E-state index in [0.29, 0.717) is 6.42 Å². The molecule has 1 aromatic carbocycles. The first-order valence-corrected chi connectivity index (χ1v) is 6.45. The van der Waals surface area contributed by atoms with Crippen LogP contribution in [-0.4, -0.2) is 48.0 Å². The maximum absolute atomic E-state index is 12.4. The van der Waals surface area contributed by atoms with Crippen molar-refractivity contribution >= 4 is 11.8 Å². The molecule has 10 heteroatoms. The second-order valence-corrected chi connectivity index (χ2v) is 4.69. The van der Waals surface area contributed by atoms with Gasteiger partial charge < -0.3 is 14.4 Å². The molecule has 1 aliphatic heterocycles. The molecule has 0 radical (unpaired) electrons. The smallest absolute Gasteiger partial charge is 0.493 e. The van der Waals surface area contributed by atoms with Gasteiger partial charge in [-0.1, -0.05) is 0 Å². The third-order valence-electron chi connectivity index (χ3n) is 3.33.